The smallest absolute Gasteiger partial charge is 0.172 e. The SMILES string of the molecule is S=C(Nc1ccc(Cl)cc1)N[C@H]1CCCO1. The Bertz CT molecular complexity index is 363. The van der Waals surface area contributed by atoms with Crippen molar-refractivity contribution in [3.8, 4) is 0 Å². The van der Waals surface area contributed by atoms with Gasteiger partial charge in [0.2, 0.25) is 0 Å². The summed E-state index contributed by atoms with van der Waals surface area (Å²) in [5, 5.41) is 7.47. The first-order chi connectivity index (χ1) is 7.74. The number of anilines is 1. The van der Waals surface area contributed by atoms with E-state index in [9.17, 15) is 0 Å². The third kappa shape index (κ3) is 3.33. The van der Waals surface area contributed by atoms with Gasteiger partial charge < -0.3 is 15.4 Å². The minimum Gasteiger partial charge on any atom is -0.359 e. The molecular weight excluding hydrogens is 244 g/mol. The molecule has 1 atom stereocenters. The van der Waals surface area contributed by atoms with Gasteiger partial charge in [-0.2, -0.15) is 0 Å². The minimum atomic E-state index is 0.0484. The van der Waals surface area contributed by atoms with Crippen molar-refractivity contribution < 1.29 is 4.74 Å². The van der Waals surface area contributed by atoms with E-state index in [4.69, 9.17) is 28.6 Å². The molecule has 16 heavy (non-hydrogen) atoms. The first kappa shape index (κ1) is 11.6. The summed E-state index contributed by atoms with van der Waals surface area (Å²) in [5.41, 5.74) is 0.917. The molecule has 2 N–H and O–H groups in total. The van der Waals surface area contributed by atoms with Gasteiger partial charge in [-0.3, -0.25) is 0 Å². The van der Waals surface area contributed by atoms with Gasteiger partial charge in [0, 0.05) is 17.3 Å². The Balaban J connectivity index is 1.84. The van der Waals surface area contributed by atoms with Crippen LogP contribution in [0.15, 0.2) is 24.3 Å². The number of benzene rings is 1. The van der Waals surface area contributed by atoms with Crippen molar-refractivity contribution >= 4 is 34.6 Å². The third-order valence-electron chi connectivity index (χ3n) is 2.32. The van der Waals surface area contributed by atoms with E-state index in [-0.39, 0.29) is 6.23 Å². The molecule has 1 aliphatic rings. The highest BCUT2D eigenvalue weighted by Crippen LogP contribution is 2.14. The molecular formula is C11H13ClN2OS. The molecule has 5 heteroatoms. The lowest BCUT2D eigenvalue weighted by molar-refractivity contribution is 0.101. The fraction of sp³-hybridized carbons (Fsp3) is 0.364. The predicted octanol–water partition coefficient (Wildman–Crippen LogP) is 2.76. The monoisotopic (exact) mass is 256 g/mol. The minimum absolute atomic E-state index is 0.0484. The number of hydrogen-bond donors (Lipinski definition) is 2. The Labute approximate surface area is 105 Å². The topological polar surface area (TPSA) is 33.3 Å². The molecule has 0 amide bonds. The standard InChI is InChI=1S/C11H13ClN2OS/c12-8-3-5-9(6-4-8)13-11(16)14-10-2-1-7-15-10/h3-6,10H,1-2,7H2,(H2,13,14,16)/t10-/m1/s1. The quantitative estimate of drug-likeness (QED) is 0.798. The number of halogens is 1. The van der Waals surface area contributed by atoms with Crippen molar-refractivity contribution in [3.05, 3.63) is 29.3 Å². The summed E-state index contributed by atoms with van der Waals surface area (Å²) in [6, 6.07) is 7.40. The zero-order valence-corrected chi connectivity index (χ0v) is 10.3. The molecule has 86 valence electrons. The van der Waals surface area contributed by atoms with Crippen LogP contribution in [-0.4, -0.2) is 17.9 Å². The second-order valence-electron chi connectivity index (χ2n) is 3.61. The molecule has 1 aromatic carbocycles. The highest BCUT2D eigenvalue weighted by atomic mass is 35.5. The van der Waals surface area contributed by atoms with Crippen LogP contribution in [0.5, 0.6) is 0 Å². The molecule has 0 unspecified atom stereocenters. The molecule has 0 spiro atoms. The maximum absolute atomic E-state index is 5.79. The van der Waals surface area contributed by atoms with Crippen molar-refractivity contribution in [2.45, 2.75) is 19.1 Å². The van der Waals surface area contributed by atoms with Gasteiger partial charge in [0.25, 0.3) is 0 Å². The lowest BCUT2D eigenvalue weighted by atomic mass is 10.3. The maximum Gasteiger partial charge on any atom is 0.172 e. The van der Waals surface area contributed by atoms with Crippen LogP contribution in [0.2, 0.25) is 5.02 Å². The normalized spacial score (nSPS) is 19.4. The number of ether oxygens (including phenoxy) is 1. The zero-order valence-electron chi connectivity index (χ0n) is 8.70. The van der Waals surface area contributed by atoms with Gasteiger partial charge in [-0.1, -0.05) is 11.6 Å². The predicted molar refractivity (Wildman–Crippen MR) is 69.8 cm³/mol. The lowest BCUT2D eigenvalue weighted by Gasteiger charge is -2.15. The summed E-state index contributed by atoms with van der Waals surface area (Å²) >= 11 is 11.0. The van der Waals surface area contributed by atoms with Gasteiger partial charge in [0.15, 0.2) is 5.11 Å². The second-order valence-corrected chi connectivity index (χ2v) is 4.45. The van der Waals surface area contributed by atoms with E-state index in [1.54, 1.807) is 0 Å². The molecule has 1 aliphatic heterocycles. The van der Waals surface area contributed by atoms with Crippen LogP contribution >= 0.6 is 23.8 Å². The van der Waals surface area contributed by atoms with Crippen LogP contribution in [0.4, 0.5) is 5.69 Å². The molecule has 0 bridgehead atoms. The highest BCUT2D eigenvalue weighted by molar-refractivity contribution is 7.80. The summed E-state index contributed by atoms with van der Waals surface area (Å²) < 4.78 is 5.42. The van der Waals surface area contributed by atoms with Crippen molar-refractivity contribution in [2.75, 3.05) is 11.9 Å². The molecule has 1 heterocycles. The largest absolute Gasteiger partial charge is 0.359 e. The molecule has 0 aromatic heterocycles. The van der Waals surface area contributed by atoms with Gasteiger partial charge in [-0.05, 0) is 49.3 Å². The van der Waals surface area contributed by atoms with Crippen LogP contribution in [0, 0.1) is 0 Å². The lowest BCUT2D eigenvalue weighted by Crippen LogP contribution is -2.37. The molecule has 1 fully saturated rings. The third-order valence-corrected chi connectivity index (χ3v) is 2.80. The summed E-state index contributed by atoms with van der Waals surface area (Å²) in [4.78, 5) is 0. The van der Waals surface area contributed by atoms with Crippen molar-refractivity contribution in [1.82, 2.24) is 5.32 Å². The summed E-state index contributed by atoms with van der Waals surface area (Å²) in [6.07, 6.45) is 2.14. The number of rotatable bonds is 2. The molecule has 1 aromatic rings. The average molecular weight is 257 g/mol. The fourth-order valence-electron chi connectivity index (χ4n) is 1.54. The van der Waals surface area contributed by atoms with Gasteiger partial charge in [0.1, 0.15) is 6.23 Å². The average Bonchev–Trinajstić information content (AvgIpc) is 2.74. The molecule has 0 radical (unpaired) electrons. The Morgan fingerprint density at radius 1 is 1.38 bits per heavy atom. The van der Waals surface area contributed by atoms with Crippen molar-refractivity contribution in [1.29, 1.82) is 0 Å². The number of thiocarbonyl (C=S) groups is 1. The van der Waals surface area contributed by atoms with Gasteiger partial charge in [-0.25, -0.2) is 0 Å². The van der Waals surface area contributed by atoms with Gasteiger partial charge in [0.05, 0.1) is 0 Å². The molecule has 0 aliphatic carbocycles. The number of hydrogen-bond acceptors (Lipinski definition) is 2. The van der Waals surface area contributed by atoms with Crippen LogP contribution < -0.4 is 10.6 Å². The van der Waals surface area contributed by atoms with E-state index in [0.717, 1.165) is 25.1 Å². The fourth-order valence-corrected chi connectivity index (χ4v) is 1.91. The molecule has 1 saturated heterocycles. The maximum atomic E-state index is 5.79. The van der Waals surface area contributed by atoms with Gasteiger partial charge in [-0.15, -0.1) is 0 Å². The van der Waals surface area contributed by atoms with Crippen LogP contribution in [0.3, 0.4) is 0 Å². The first-order valence-electron chi connectivity index (χ1n) is 5.19. The summed E-state index contributed by atoms with van der Waals surface area (Å²) in [6.45, 7) is 0.807. The van der Waals surface area contributed by atoms with Crippen molar-refractivity contribution in [2.24, 2.45) is 0 Å². The van der Waals surface area contributed by atoms with E-state index in [2.05, 4.69) is 10.6 Å². The van der Waals surface area contributed by atoms with E-state index in [1.165, 1.54) is 0 Å². The Morgan fingerprint density at radius 3 is 2.75 bits per heavy atom. The Morgan fingerprint density at radius 2 is 2.12 bits per heavy atom. The van der Waals surface area contributed by atoms with Gasteiger partial charge >= 0.3 is 0 Å². The number of nitrogens with one attached hydrogen (secondary N) is 2. The molecule has 3 nitrogen and oxygen atoms in total. The van der Waals surface area contributed by atoms with Crippen LogP contribution in [0.25, 0.3) is 0 Å². The van der Waals surface area contributed by atoms with E-state index in [1.807, 2.05) is 24.3 Å². The second kappa shape index (κ2) is 5.48. The summed E-state index contributed by atoms with van der Waals surface area (Å²) in [7, 11) is 0. The van der Waals surface area contributed by atoms with E-state index < -0.39 is 0 Å². The zero-order chi connectivity index (χ0) is 11.4. The highest BCUT2D eigenvalue weighted by Gasteiger charge is 2.15. The summed E-state index contributed by atoms with van der Waals surface area (Å²) in [5.74, 6) is 0. The first-order valence-corrected chi connectivity index (χ1v) is 5.97. The van der Waals surface area contributed by atoms with Crippen LogP contribution in [-0.2, 0) is 4.74 Å². The van der Waals surface area contributed by atoms with Crippen molar-refractivity contribution in [3.63, 3.8) is 0 Å². The van der Waals surface area contributed by atoms with E-state index in [0.29, 0.717) is 10.1 Å². The van der Waals surface area contributed by atoms with E-state index >= 15 is 0 Å². The van der Waals surface area contributed by atoms with Crippen LogP contribution in [0.1, 0.15) is 12.8 Å². The Hall–Kier alpha value is -0.840. The Kier molecular flexibility index (Phi) is 3.98. The molecule has 2 rings (SSSR count). The molecule has 0 saturated carbocycles.